The Morgan fingerprint density at radius 1 is 0.829 bits per heavy atom. The number of carbonyl (C=O) groups is 1. The quantitative estimate of drug-likeness (QED) is 0.355. The van der Waals surface area contributed by atoms with E-state index in [1.54, 1.807) is 25.3 Å². The smallest absolute Gasteiger partial charge is 0.343 e. The second kappa shape index (κ2) is 10.5. The highest BCUT2D eigenvalue weighted by Crippen LogP contribution is 2.56. The third kappa shape index (κ3) is 4.19. The van der Waals surface area contributed by atoms with Gasteiger partial charge in [-0.15, -0.1) is 0 Å². The number of hydrogen-bond acceptors (Lipinski definition) is 11. The van der Waals surface area contributed by atoms with Gasteiger partial charge in [-0.1, -0.05) is 6.07 Å². The molecule has 0 aromatic heterocycles. The normalized spacial score (nSPS) is 18.7. The van der Waals surface area contributed by atoms with Gasteiger partial charge in [0.05, 0.1) is 41.6 Å². The molecule has 3 heterocycles. The monoisotopic (exact) mass is 565 g/mol. The molecular formula is C30H31NO10. The Hall–Kier alpha value is -4.51. The predicted molar refractivity (Wildman–Crippen MR) is 146 cm³/mol. The Labute approximate surface area is 237 Å². The fourth-order valence-corrected chi connectivity index (χ4v) is 5.84. The van der Waals surface area contributed by atoms with Gasteiger partial charge in [0.2, 0.25) is 18.3 Å². The van der Waals surface area contributed by atoms with E-state index < -0.39 is 12.1 Å². The number of likely N-dealkylation sites (N-methyl/N-ethyl adjacent to an activating group) is 1. The lowest BCUT2D eigenvalue weighted by atomic mass is 9.85. The first-order valence-corrected chi connectivity index (χ1v) is 13.0. The Bertz CT molecular complexity index is 1490. The summed E-state index contributed by atoms with van der Waals surface area (Å²) in [4.78, 5) is 15.7. The summed E-state index contributed by atoms with van der Waals surface area (Å²) in [5.74, 6) is 3.44. The van der Waals surface area contributed by atoms with Crippen molar-refractivity contribution < 1.29 is 47.4 Å². The molecule has 0 aliphatic carbocycles. The molecular weight excluding hydrogens is 534 g/mol. The minimum Gasteiger partial charge on any atom is -0.493 e. The van der Waals surface area contributed by atoms with Gasteiger partial charge in [-0.3, -0.25) is 4.90 Å². The fraction of sp³-hybridized carbons (Fsp3) is 0.367. The van der Waals surface area contributed by atoms with Crippen molar-refractivity contribution in [3.8, 4) is 51.7 Å². The molecule has 216 valence electrons. The number of rotatable bonds is 8. The zero-order chi connectivity index (χ0) is 28.8. The van der Waals surface area contributed by atoms with E-state index in [2.05, 4.69) is 4.90 Å². The summed E-state index contributed by atoms with van der Waals surface area (Å²) in [7, 11) is 9.67. The van der Waals surface area contributed by atoms with Gasteiger partial charge in [-0.25, -0.2) is 4.79 Å². The van der Waals surface area contributed by atoms with E-state index in [1.807, 2.05) is 19.2 Å². The third-order valence-corrected chi connectivity index (χ3v) is 7.72. The second-order valence-electron chi connectivity index (χ2n) is 9.74. The summed E-state index contributed by atoms with van der Waals surface area (Å²) in [6.45, 7) is 0.868. The van der Waals surface area contributed by atoms with Crippen LogP contribution in [-0.4, -0.2) is 66.8 Å². The van der Waals surface area contributed by atoms with Crippen molar-refractivity contribution >= 4 is 5.97 Å². The van der Waals surface area contributed by atoms with Crippen molar-refractivity contribution in [1.29, 1.82) is 0 Å². The molecule has 2 atom stereocenters. The number of cyclic esters (lactones) is 1. The summed E-state index contributed by atoms with van der Waals surface area (Å²) in [6, 6.07) is 8.54. The number of carbonyl (C=O) groups excluding carboxylic acids is 1. The molecule has 41 heavy (non-hydrogen) atoms. The van der Waals surface area contributed by atoms with Crippen molar-refractivity contribution in [2.45, 2.75) is 18.6 Å². The first kappa shape index (κ1) is 26.7. The largest absolute Gasteiger partial charge is 0.493 e. The van der Waals surface area contributed by atoms with Gasteiger partial charge in [0, 0.05) is 29.8 Å². The fourth-order valence-electron chi connectivity index (χ4n) is 5.84. The minimum atomic E-state index is -0.649. The molecule has 0 amide bonds. The summed E-state index contributed by atoms with van der Waals surface area (Å²) in [5.41, 5.74) is 2.91. The average Bonchev–Trinajstić information content (AvgIpc) is 3.59. The number of nitrogens with zero attached hydrogens (tertiary/aromatic N) is 1. The summed E-state index contributed by atoms with van der Waals surface area (Å²) in [6.07, 6.45) is 0.130. The van der Waals surface area contributed by atoms with E-state index in [0.717, 1.165) is 24.1 Å². The van der Waals surface area contributed by atoms with E-state index in [4.69, 9.17) is 42.6 Å². The highest BCUT2D eigenvalue weighted by molar-refractivity contribution is 5.98. The van der Waals surface area contributed by atoms with Crippen LogP contribution in [0.4, 0.5) is 0 Å². The van der Waals surface area contributed by atoms with Crippen LogP contribution < -0.4 is 37.9 Å². The molecule has 0 unspecified atom stereocenters. The van der Waals surface area contributed by atoms with Crippen LogP contribution >= 0.6 is 0 Å². The van der Waals surface area contributed by atoms with Gasteiger partial charge in [-0.2, -0.15) is 0 Å². The minimum absolute atomic E-state index is 0.123. The standard InChI is InChI=1S/C30H31NO10/c1-31-10-9-15-11-21-28(39-14-38-21)29(37-6)22(15)24(31)25-17-7-8-18(33-2)27(23(17)30(32)41-25)40-16-12-19(34-3)26(36-5)20(13-16)35-4/h7-8,11-13,24-25H,9-10,14H2,1-6H3/t24-,25+/m1/s1. The molecule has 11 heteroatoms. The molecule has 0 fully saturated rings. The lowest BCUT2D eigenvalue weighted by Crippen LogP contribution is -2.36. The first-order chi connectivity index (χ1) is 19.9. The second-order valence-corrected chi connectivity index (χ2v) is 9.74. The number of hydrogen-bond donors (Lipinski definition) is 0. The van der Waals surface area contributed by atoms with Crippen LogP contribution in [0, 0.1) is 0 Å². The van der Waals surface area contributed by atoms with Gasteiger partial charge in [0.1, 0.15) is 17.4 Å². The zero-order valence-corrected chi connectivity index (χ0v) is 23.7. The molecule has 3 aromatic carbocycles. The van der Waals surface area contributed by atoms with E-state index in [1.165, 1.54) is 28.4 Å². The van der Waals surface area contributed by atoms with Crippen LogP contribution in [0.2, 0.25) is 0 Å². The van der Waals surface area contributed by atoms with Crippen LogP contribution in [0.5, 0.6) is 51.7 Å². The van der Waals surface area contributed by atoms with Gasteiger partial charge < -0.3 is 42.6 Å². The number of ether oxygens (including phenoxy) is 9. The number of methoxy groups -OCH3 is 5. The zero-order valence-electron chi connectivity index (χ0n) is 23.7. The molecule has 3 aromatic rings. The molecule has 3 aliphatic rings. The Kier molecular flexibility index (Phi) is 6.82. The van der Waals surface area contributed by atoms with E-state index >= 15 is 0 Å². The van der Waals surface area contributed by atoms with Crippen LogP contribution in [0.1, 0.15) is 39.2 Å². The third-order valence-electron chi connectivity index (χ3n) is 7.72. The van der Waals surface area contributed by atoms with E-state index in [0.29, 0.717) is 51.6 Å². The van der Waals surface area contributed by atoms with Crippen molar-refractivity contribution in [3.05, 3.63) is 52.6 Å². The number of benzene rings is 3. The number of fused-ring (bicyclic) bond motifs is 3. The van der Waals surface area contributed by atoms with Crippen molar-refractivity contribution in [1.82, 2.24) is 4.90 Å². The maximum atomic E-state index is 13.6. The molecule has 0 saturated heterocycles. The Balaban J connectivity index is 1.47. The SMILES string of the molecule is COc1cc(Oc2c(OC)ccc3c2C(=O)O[C@@H]3[C@H]2c3c(cc4c(c3OC)OCO4)CCN2C)cc(OC)c1OC. The lowest BCUT2D eigenvalue weighted by Gasteiger charge is -2.38. The van der Waals surface area contributed by atoms with Crippen molar-refractivity contribution in [2.24, 2.45) is 0 Å². The lowest BCUT2D eigenvalue weighted by molar-refractivity contribution is 0.00875. The average molecular weight is 566 g/mol. The highest BCUT2D eigenvalue weighted by atomic mass is 16.7. The maximum Gasteiger partial charge on any atom is 0.343 e. The van der Waals surface area contributed by atoms with Crippen molar-refractivity contribution in [2.75, 3.05) is 55.9 Å². The topological polar surface area (TPSA) is 103 Å². The first-order valence-electron chi connectivity index (χ1n) is 13.0. The van der Waals surface area contributed by atoms with Gasteiger partial charge >= 0.3 is 5.97 Å². The molecule has 3 aliphatic heterocycles. The van der Waals surface area contributed by atoms with Crippen molar-refractivity contribution in [3.63, 3.8) is 0 Å². The van der Waals surface area contributed by atoms with Gasteiger partial charge in [0.15, 0.2) is 34.5 Å². The van der Waals surface area contributed by atoms with E-state index in [-0.39, 0.29) is 24.1 Å². The predicted octanol–water partition coefficient (Wildman–Crippen LogP) is 4.69. The summed E-state index contributed by atoms with van der Waals surface area (Å²) < 4.78 is 51.7. The maximum absolute atomic E-state index is 13.6. The Morgan fingerprint density at radius 3 is 2.20 bits per heavy atom. The van der Waals surface area contributed by atoms with Crippen LogP contribution in [0.15, 0.2) is 30.3 Å². The molecule has 6 rings (SSSR count). The van der Waals surface area contributed by atoms with Crippen LogP contribution in [0.25, 0.3) is 0 Å². The molecule has 0 radical (unpaired) electrons. The summed E-state index contributed by atoms with van der Waals surface area (Å²) in [5, 5.41) is 0. The van der Waals surface area contributed by atoms with Crippen LogP contribution in [-0.2, 0) is 11.2 Å². The van der Waals surface area contributed by atoms with Crippen LogP contribution in [0.3, 0.4) is 0 Å². The molecule has 0 spiro atoms. The highest BCUT2D eigenvalue weighted by Gasteiger charge is 2.46. The van der Waals surface area contributed by atoms with Gasteiger partial charge in [-0.05, 0) is 31.2 Å². The van der Waals surface area contributed by atoms with Gasteiger partial charge in [0.25, 0.3) is 0 Å². The van der Waals surface area contributed by atoms with E-state index in [9.17, 15) is 4.79 Å². The number of esters is 1. The summed E-state index contributed by atoms with van der Waals surface area (Å²) >= 11 is 0. The molecule has 0 bridgehead atoms. The molecule has 0 N–H and O–H groups in total. The molecule has 11 nitrogen and oxygen atoms in total. The Morgan fingerprint density at radius 2 is 1.54 bits per heavy atom. The molecule has 0 saturated carbocycles.